The van der Waals surface area contributed by atoms with Gasteiger partial charge in [0.1, 0.15) is 12.6 Å². The Bertz CT molecular complexity index is 1030. The van der Waals surface area contributed by atoms with Crippen molar-refractivity contribution in [3.05, 3.63) is 101 Å². The van der Waals surface area contributed by atoms with E-state index in [1.165, 1.54) is 4.90 Å². The molecule has 0 bridgehead atoms. The SMILES string of the molecule is Cc1ccc(NC(=O)[C@@H]2Cc3ccccc3CN2C(=O)OCc2ccccc2)cc1. The van der Waals surface area contributed by atoms with Crippen LogP contribution in [0.2, 0.25) is 0 Å². The Hall–Kier alpha value is -3.60. The van der Waals surface area contributed by atoms with Crippen LogP contribution >= 0.6 is 0 Å². The molecule has 0 unspecified atom stereocenters. The maximum atomic E-state index is 13.1. The van der Waals surface area contributed by atoms with E-state index >= 15 is 0 Å². The summed E-state index contributed by atoms with van der Waals surface area (Å²) in [4.78, 5) is 27.5. The lowest BCUT2D eigenvalue weighted by Crippen LogP contribution is -2.50. The highest BCUT2D eigenvalue weighted by Gasteiger charge is 2.35. The Balaban J connectivity index is 1.52. The van der Waals surface area contributed by atoms with Crippen molar-refractivity contribution in [3.8, 4) is 0 Å². The lowest BCUT2D eigenvalue weighted by Gasteiger charge is -2.35. The number of carbonyl (C=O) groups excluding carboxylic acids is 2. The first-order valence-electron chi connectivity index (χ1n) is 10.0. The number of nitrogens with zero attached hydrogens (tertiary/aromatic N) is 1. The third kappa shape index (κ3) is 4.51. The van der Waals surface area contributed by atoms with Crippen molar-refractivity contribution in [2.45, 2.75) is 32.5 Å². The standard InChI is InChI=1S/C25H24N2O3/c1-18-11-13-22(14-12-18)26-24(28)23-15-20-9-5-6-10-21(20)16-27(23)25(29)30-17-19-7-3-2-4-8-19/h2-14,23H,15-17H2,1H3,(H,26,28)/t23-/m0/s1. The molecule has 0 aromatic heterocycles. The van der Waals surface area contributed by atoms with Crippen LogP contribution < -0.4 is 5.32 Å². The van der Waals surface area contributed by atoms with Crippen molar-refractivity contribution in [1.29, 1.82) is 0 Å². The molecule has 152 valence electrons. The fourth-order valence-electron chi connectivity index (χ4n) is 3.61. The van der Waals surface area contributed by atoms with Gasteiger partial charge in [-0.2, -0.15) is 0 Å². The summed E-state index contributed by atoms with van der Waals surface area (Å²) < 4.78 is 5.54. The number of carbonyl (C=O) groups is 2. The van der Waals surface area contributed by atoms with Crippen LogP contribution in [-0.4, -0.2) is 22.9 Å². The van der Waals surface area contributed by atoms with Gasteiger partial charge in [0.2, 0.25) is 5.91 Å². The highest BCUT2D eigenvalue weighted by Crippen LogP contribution is 2.25. The summed E-state index contributed by atoms with van der Waals surface area (Å²) in [7, 11) is 0. The van der Waals surface area contributed by atoms with Gasteiger partial charge in [0.05, 0.1) is 6.54 Å². The zero-order valence-electron chi connectivity index (χ0n) is 16.9. The third-order valence-corrected chi connectivity index (χ3v) is 5.31. The molecule has 0 aliphatic carbocycles. The molecule has 4 rings (SSSR count). The molecule has 0 spiro atoms. The van der Waals surface area contributed by atoms with Crippen LogP contribution in [0.1, 0.15) is 22.3 Å². The van der Waals surface area contributed by atoms with E-state index < -0.39 is 12.1 Å². The monoisotopic (exact) mass is 400 g/mol. The molecular weight excluding hydrogens is 376 g/mol. The fourth-order valence-corrected chi connectivity index (χ4v) is 3.61. The summed E-state index contributed by atoms with van der Waals surface area (Å²) in [5.74, 6) is -0.218. The third-order valence-electron chi connectivity index (χ3n) is 5.31. The molecule has 5 nitrogen and oxygen atoms in total. The molecule has 1 N–H and O–H groups in total. The van der Waals surface area contributed by atoms with Crippen molar-refractivity contribution in [2.24, 2.45) is 0 Å². The smallest absolute Gasteiger partial charge is 0.411 e. The highest BCUT2D eigenvalue weighted by atomic mass is 16.6. The van der Waals surface area contributed by atoms with Gasteiger partial charge in [-0.15, -0.1) is 0 Å². The number of anilines is 1. The second-order valence-electron chi connectivity index (χ2n) is 7.51. The van der Waals surface area contributed by atoms with E-state index in [0.29, 0.717) is 18.7 Å². The molecule has 1 aliphatic rings. The van der Waals surface area contributed by atoms with E-state index in [9.17, 15) is 9.59 Å². The molecular formula is C25H24N2O3. The van der Waals surface area contributed by atoms with Gasteiger partial charge in [-0.05, 0) is 35.7 Å². The topological polar surface area (TPSA) is 58.6 Å². The van der Waals surface area contributed by atoms with E-state index in [2.05, 4.69) is 5.32 Å². The number of aryl methyl sites for hydroxylation is 1. The second-order valence-corrected chi connectivity index (χ2v) is 7.51. The zero-order chi connectivity index (χ0) is 20.9. The predicted octanol–water partition coefficient (Wildman–Crippen LogP) is 4.70. The molecule has 30 heavy (non-hydrogen) atoms. The van der Waals surface area contributed by atoms with E-state index in [4.69, 9.17) is 4.74 Å². The van der Waals surface area contributed by atoms with Crippen molar-refractivity contribution >= 4 is 17.7 Å². The summed E-state index contributed by atoms with van der Waals surface area (Å²) in [5.41, 5.74) is 4.85. The lowest BCUT2D eigenvalue weighted by molar-refractivity contribution is -0.121. The molecule has 5 heteroatoms. The van der Waals surface area contributed by atoms with Crippen LogP contribution in [0.5, 0.6) is 0 Å². The number of rotatable bonds is 4. The van der Waals surface area contributed by atoms with Crippen LogP contribution in [0.15, 0.2) is 78.9 Å². The Kier molecular flexibility index (Phi) is 5.80. The molecule has 0 radical (unpaired) electrons. The zero-order valence-corrected chi connectivity index (χ0v) is 16.9. The van der Waals surface area contributed by atoms with Crippen LogP contribution in [0, 0.1) is 6.92 Å². The number of fused-ring (bicyclic) bond motifs is 1. The average Bonchev–Trinajstić information content (AvgIpc) is 2.78. The molecule has 1 atom stereocenters. The minimum atomic E-state index is -0.635. The van der Waals surface area contributed by atoms with Gasteiger partial charge in [-0.25, -0.2) is 4.79 Å². The van der Waals surface area contributed by atoms with E-state index in [0.717, 1.165) is 22.3 Å². The minimum Gasteiger partial charge on any atom is -0.445 e. The highest BCUT2D eigenvalue weighted by molar-refractivity contribution is 5.97. The van der Waals surface area contributed by atoms with E-state index in [1.54, 1.807) is 0 Å². The number of amides is 2. The Labute approximate surface area is 176 Å². The summed E-state index contributed by atoms with van der Waals surface area (Å²) in [6.45, 7) is 2.51. The molecule has 0 saturated heterocycles. The summed E-state index contributed by atoms with van der Waals surface area (Å²) in [5, 5.41) is 2.94. The second kappa shape index (κ2) is 8.82. The first-order valence-corrected chi connectivity index (χ1v) is 10.0. The van der Waals surface area contributed by atoms with Gasteiger partial charge in [-0.1, -0.05) is 72.3 Å². The van der Waals surface area contributed by atoms with Crippen molar-refractivity contribution in [2.75, 3.05) is 5.32 Å². The van der Waals surface area contributed by atoms with E-state index in [1.807, 2.05) is 85.8 Å². The molecule has 3 aromatic carbocycles. The number of benzene rings is 3. The van der Waals surface area contributed by atoms with Crippen LogP contribution in [0.4, 0.5) is 10.5 Å². The molecule has 0 saturated carbocycles. The van der Waals surface area contributed by atoms with Crippen LogP contribution in [0.3, 0.4) is 0 Å². The maximum absolute atomic E-state index is 13.1. The number of hydrogen-bond donors (Lipinski definition) is 1. The van der Waals surface area contributed by atoms with E-state index in [-0.39, 0.29) is 12.5 Å². The van der Waals surface area contributed by atoms with Crippen LogP contribution in [-0.2, 0) is 29.1 Å². The molecule has 1 heterocycles. The molecule has 0 fully saturated rings. The van der Waals surface area contributed by atoms with Gasteiger partial charge < -0.3 is 10.1 Å². The van der Waals surface area contributed by atoms with Gasteiger partial charge in [0.25, 0.3) is 0 Å². The first-order chi connectivity index (χ1) is 14.6. The molecule has 2 amide bonds. The van der Waals surface area contributed by atoms with Gasteiger partial charge >= 0.3 is 6.09 Å². The number of nitrogens with one attached hydrogen (secondary N) is 1. The van der Waals surface area contributed by atoms with Crippen LogP contribution in [0.25, 0.3) is 0 Å². The average molecular weight is 400 g/mol. The Morgan fingerprint density at radius 2 is 1.60 bits per heavy atom. The Morgan fingerprint density at radius 3 is 2.33 bits per heavy atom. The maximum Gasteiger partial charge on any atom is 0.411 e. The Morgan fingerprint density at radius 1 is 0.933 bits per heavy atom. The van der Waals surface area contributed by atoms with Crippen molar-refractivity contribution in [3.63, 3.8) is 0 Å². The van der Waals surface area contributed by atoms with Gasteiger partial charge in [0, 0.05) is 12.1 Å². The quantitative estimate of drug-likeness (QED) is 0.691. The predicted molar refractivity (Wildman–Crippen MR) is 116 cm³/mol. The summed E-state index contributed by atoms with van der Waals surface area (Å²) >= 11 is 0. The minimum absolute atomic E-state index is 0.171. The van der Waals surface area contributed by atoms with Crippen molar-refractivity contribution in [1.82, 2.24) is 4.90 Å². The van der Waals surface area contributed by atoms with Crippen molar-refractivity contribution < 1.29 is 14.3 Å². The normalized spacial score (nSPS) is 15.2. The summed E-state index contributed by atoms with van der Waals surface area (Å²) in [6.07, 6.45) is -0.0358. The lowest BCUT2D eigenvalue weighted by atomic mass is 9.94. The fraction of sp³-hybridized carbons (Fsp3) is 0.200. The summed E-state index contributed by atoms with van der Waals surface area (Å²) in [6, 6.07) is 24.4. The molecule has 1 aliphatic heterocycles. The molecule has 3 aromatic rings. The number of ether oxygens (including phenoxy) is 1. The first kappa shape index (κ1) is 19.7. The number of hydrogen-bond acceptors (Lipinski definition) is 3. The largest absolute Gasteiger partial charge is 0.445 e. The van der Waals surface area contributed by atoms with Gasteiger partial charge in [-0.3, -0.25) is 9.69 Å². The van der Waals surface area contributed by atoms with Gasteiger partial charge in [0.15, 0.2) is 0 Å².